The summed E-state index contributed by atoms with van der Waals surface area (Å²) in [6.07, 6.45) is 5.17. The van der Waals surface area contributed by atoms with Gasteiger partial charge in [-0.1, -0.05) is 45.0 Å². The molecule has 17 heavy (non-hydrogen) atoms. The SMILES string of the molecule is CCC1(CNC(C)C)CCCc2ccccc21. The van der Waals surface area contributed by atoms with Crippen LogP contribution in [0.2, 0.25) is 0 Å². The highest BCUT2D eigenvalue weighted by molar-refractivity contribution is 5.37. The van der Waals surface area contributed by atoms with Crippen molar-refractivity contribution in [3.63, 3.8) is 0 Å². The third-order valence-electron chi connectivity index (χ3n) is 4.22. The topological polar surface area (TPSA) is 12.0 Å². The van der Waals surface area contributed by atoms with Crippen LogP contribution in [0, 0.1) is 0 Å². The maximum absolute atomic E-state index is 3.65. The van der Waals surface area contributed by atoms with Crippen molar-refractivity contribution >= 4 is 0 Å². The van der Waals surface area contributed by atoms with Gasteiger partial charge in [0.2, 0.25) is 0 Å². The van der Waals surface area contributed by atoms with Crippen molar-refractivity contribution in [2.75, 3.05) is 6.54 Å². The van der Waals surface area contributed by atoms with E-state index in [-0.39, 0.29) is 0 Å². The Morgan fingerprint density at radius 1 is 1.29 bits per heavy atom. The molecular weight excluding hydrogens is 206 g/mol. The third kappa shape index (κ3) is 2.55. The van der Waals surface area contributed by atoms with Crippen LogP contribution in [-0.2, 0) is 11.8 Å². The summed E-state index contributed by atoms with van der Waals surface area (Å²) >= 11 is 0. The lowest BCUT2D eigenvalue weighted by atomic mass is 9.68. The van der Waals surface area contributed by atoms with Crippen molar-refractivity contribution in [2.45, 2.75) is 57.9 Å². The fourth-order valence-electron chi connectivity index (χ4n) is 3.08. The monoisotopic (exact) mass is 231 g/mol. The molecule has 94 valence electrons. The second-order valence-electron chi connectivity index (χ2n) is 5.68. The molecule has 0 aliphatic heterocycles. The maximum atomic E-state index is 3.65. The molecule has 0 radical (unpaired) electrons. The molecule has 1 N–H and O–H groups in total. The molecular formula is C16H25N. The summed E-state index contributed by atoms with van der Waals surface area (Å²) < 4.78 is 0. The number of hydrogen-bond donors (Lipinski definition) is 1. The van der Waals surface area contributed by atoms with Gasteiger partial charge >= 0.3 is 0 Å². The Bertz CT molecular complexity index is 370. The van der Waals surface area contributed by atoms with Gasteiger partial charge < -0.3 is 5.32 Å². The van der Waals surface area contributed by atoms with Crippen molar-refractivity contribution in [1.29, 1.82) is 0 Å². The van der Waals surface area contributed by atoms with Gasteiger partial charge in [0.05, 0.1) is 0 Å². The Balaban J connectivity index is 2.28. The van der Waals surface area contributed by atoms with Gasteiger partial charge in [0.1, 0.15) is 0 Å². The molecule has 0 saturated carbocycles. The van der Waals surface area contributed by atoms with Gasteiger partial charge in [-0.15, -0.1) is 0 Å². The Kier molecular flexibility index (Phi) is 3.88. The first kappa shape index (κ1) is 12.6. The molecule has 1 unspecified atom stereocenters. The van der Waals surface area contributed by atoms with Crippen LogP contribution in [0.3, 0.4) is 0 Å². The number of nitrogens with one attached hydrogen (secondary N) is 1. The van der Waals surface area contributed by atoms with Crippen LogP contribution >= 0.6 is 0 Å². The average Bonchev–Trinajstić information content (AvgIpc) is 2.36. The van der Waals surface area contributed by atoms with E-state index in [0.29, 0.717) is 11.5 Å². The van der Waals surface area contributed by atoms with Crippen molar-refractivity contribution in [3.8, 4) is 0 Å². The van der Waals surface area contributed by atoms with E-state index in [4.69, 9.17) is 0 Å². The van der Waals surface area contributed by atoms with Crippen molar-refractivity contribution < 1.29 is 0 Å². The Hall–Kier alpha value is -0.820. The van der Waals surface area contributed by atoms with Gasteiger partial charge in [-0.25, -0.2) is 0 Å². The lowest BCUT2D eigenvalue weighted by Crippen LogP contribution is -2.42. The first-order valence-electron chi connectivity index (χ1n) is 7.00. The summed E-state index contributed by atoms with van der Waals surface area (Å²) in [5.41, 5.74) is 3.55. The zero-order chi connectivity index (χ0) is 12.3. The molecule has 1 aliphatic rings. The Labute approximate surface area is 106 Å². The highest BCUT2D eigenvalue weighted by Gasteiger charge is 2.34. The second-order valence-corrected chi connectivity index (χ2v) is 5.68. The fraction of sp³-hybridized carbons (Fsp3) is 0.625. The van der Waals surface area contributed by atoms with Gasteiger partial charge in [-0.3, -0.25) is 0 Å². The number of hydrogen-bond acceptors (Lipinski definition) is 1. The summed E-state index contributed by atoms with van der Waals surface area (Å²) in [5.74, 6) is 0. The summed E-state index contributed by atoms with van der Waals surface area (Å²) in [6.45, 7) is 7.93. The van der Waals surface area contributed by atoms with E-state index in [0.717, 1.165) is 6.54 Å². The van der Waals surface area contributed by atoms with Crippen LogP contribution in [0.15, 0.2) is 24.3 Å². The number of aryl methyl sites for hydroxylation is 1. The van der Waals surface area contributed by atoms with E-state index in [1.807, 2.05) is 0 Å². The van der Waals surface area contributed by atoms with Gasteiger partial charge in [-0.05, 0) is 36.8 Å². The molecule has 0 spiro atoms. The number of benzene rings is 1. The summed E-state index contributed by atoms with van der Waals surface area (Å²) in [4.78, 5) is 0. The lowest BCUT2D eigenvalue weighted by molar-refractivity contribution is 0.318. The fourth-order valence-corrected chi connectivity index (χ4v) is 3.08. The minimum absolute atomic E-state index is 0.374. The first-order valence-corrected chi connectivity index (χ1v) is 7.00. The molecule has 2 rings (SSSR count). The van der Waals surface area contributed by atoms with Gasteiger partial charge in [0.25, 0.3) is 0 Å². The predicted molar refractivity (Wildman–Crippen MR) is 74.5 cm³/mol. The molecule has 1 atom stereocenters. The molecule has 1 aromatic carbocycles. The van der Waals surface area contributed by atoms with E-state index >= 15 is 0 Å². The summed E-state index contributed by atoms with van der Waals surface area (Å²) in [7, 11) is 0. The quantitative estimate of drug-likeness (QED) is 0.833. The van der Waals surface area contributed by atoms with Gasteiger partial charge in [0, 0.05) is 18.0 Å². The molecule has 0 aromatic heterocycles. The van der Waals surface area contributed by atoms with Gasteiger partial charge in [0.15, 0.2) is 0 Å². The standard InChI is InChI=1S/C16H25N/c1-4-16(12-17-13(2)3)11-7-9-14-8-5-6-10-15(14)16/h5-6,8,10,13,17H,4,7,9,11-12H2,1-3H3. The molecule has 0 bridgehead atoms. The lowest BCUT2D eigenvalue weighted by Gasteiger charge is -2.39. The van der Waals surface area contributed by atoms with Crippen LogP contribution in [0.4, 0.5) is 0 Å². The molecule has 1 aliphatic carbocycles. The third-order valence-corrected chi connectivity index (χ3v) is 4.22. The molecule has 1 nitrogen and oxygen atoms in total. The smallest absolute Gasteiger partial charge is 0.00781 e. The van der Waals surface area contributed by atoms with Crippen LogP contribution < -0.4 is 5.32 Å². The summed E-state index contributed by atoms with van der Waals surface area (Å²) in [5, 5.41) is 3.65. The van der Waals surface area contributed by atoms with Crippen LogP contribution in [0.1, 0.15) is 51.2 Å². The Morgan fingerprint density at radius 2 is 2.06 bits per heavy atom. The number of rotatable bonds is 4. The second kappa shape index (κ2) is 5.22. The molecule has 0 heterocycles. The van der Waals surface area contributed by atoms with E-state index in [1.165, 1.54) is 25.7 Å². The average molecular weight is 231 g/mol. The molecule has 1 aromatic rings. The molecule has 1 heteroatoms. The highest BCUT2D eigenvalue weighted by Crippen LogP contribution is 2.39. The van der Waals surface area contributed by atoms with Crippen LogP contribution in [0.5, 0.6) is 0 Å². The zero-order valence-electron chi connectivity index (χ0n) is 11.4. The van der Waals surface area contributed by atoms with Crippen molar-refractivity contribution in [1.82, 2.24) is 5.32 Å². The Morgan fingerprint density at radius 3 is 2.76 bits per heavy atom. The van der Waals surface area contributed by atoms with E-state index < -0.39 is 0 Å². The van der Waals surface area contributed by atoms with Crippen molar-refractivity contribution in [2.24, 2.45) is 0 Å². The predicted octanol–water partition coefficient (Wildman–Crippen LogP) is 3.67. The van der Waals surface area contributed by atoms with Crippen LogP contribution in [0.25, 0.3) is 0 Å². The minimum atomic E-state index is 0.374. The maximum Gasteiger partial charge on any atom is 0.00781 e. The van der Waals surface area contributed by atoms with Crippen molar-refractivity contribution in [3.05, 3.63) is 35.4 Å². The highest BCUT2D eigenvalue weighted by atomic mass is 14.9. The largest absolute Gasteiger partial charge is 0.314 e. The van der Waals surface area contributed by atoms with Crippen LogP contribution in [-0.4, -0.2) is 12.6 Å². The first-order chi connectivity index (χ1) is 8.18. The van der Waals surface area contributed by atoms with E-state index in [2.05, 4.69) is 50.4 Å². The minimum Gasteiger partial charge on any atom is -0.314 e. The molecule has 0 amide bonds. The molecule has 0 saturated heterocycles. The summed E-state index contributed by atoms with van der Waals surface area (Å²) in [6, 6.07) is 9.62. The molecule has 0 fully saturated rings. The normalized spacial score (nSPS) is 23.8. The zero-order valence-corrected chi connectivity index (χ0v) is 11.4. The van der Waals surface area contributed by atoms with E-state index in [9.17, 15) is 0 Å². The van der Waals surface area contributed by atoms with E-state index in [1.54, 1.807) is 11.1 Å². The van der Waals surface area contributed by atoms with Gasteiger partial charge in [-0.2, -0.15) is 0 Å². The number of fused-ring (bicyclic) bond motifs is 1.